The molecule has 1 unspecified atom stereocenters. The van der Waals surface area contributed by atoms with Crippen molar-refractivity contribution in [3.63, 3.8) is 0 Å². The number of benzene rings is 2. The van der Waals surface area contributed by atoms with E-state index < -0.39 is 0 Å². The molecule has 0 aliphatic heterocycles. The topological polar surface area (TPSA) is 12.0 Å². The maximum Gasteiger partial charge on any atom is 0.123 e. The van der Waals surface area contributed by atoms with E-state index in [1.54, 1.807) is 17.8 Å². The molecular formula is C17H19ClFNS. The monoisotopic (exact) mass is 323 g/mol. The Balaban J connectivity index is 2.11. The van der Waals surface area contributed by atoms with Crippen LogP contribution in [0, 0.1) is 12.7 Å². The summed E-state index contributed by atoms with van der Waals surface area (Å²) < 4.78 is 13.5. The molecule has 1 nitrogen and oxygen atoms in total. The predicted octanol–water partition coefficient (Wildman–Crippen LogP) is 5.23. The summed E-state index contributed by atoms with van der Waals surface area (Å²) in [6.07, 6.45) is 0. The molecule has 0 aliphatic carbocycles. The molecule has 0 saturated carbocycles. The van der Waals surface area contributed by atoms with Crippen LogP contribution in [-0.2, 0) is 0 Å². The van der Waals surface area contributed by atoms with Crippen LogP contribution in [0.4, 0.5) is 4.39 Å². The number of halogens is 2. The first kappa shape index (κ1) is 16.3. The summed E-state index contributed by atoms with van der Waals surface area (Å²) in [6.45, 7) is 4.93. The number of aryl methyl sites for hydroxylation is 1. The first-order chi connectivity index (χ1) is 10.1. The molecular weight excluding hydrogens is 305 g/mol. The Morgan fingerprint density at radius 1 is 1.19 bits per heavy atom. The zero-order chi connectivity index (χ0) is 15.2. The van der Waals surface area contributed by atoms with Gasteiger partial charge in [0.2, 0.25) is 0 Å². The second-order valence-corrected chi connectivity index (χ2v) is 6.41. The highest BCUT2D eigenvalue weighted by molar-refractivity contribution is 7.99. The Morgan fingerprint density at radius 2 is 1.90 bits per heavy atom. The molecule has 2 aromatic carbocycles. The maximum absolute atomic E-state index is 13.5. The SMILES string of the molecule is CCNC(CSc1ccc(Cl)cc1)c1cc(F)ccc1C. The number of hydrogen-bond donors (Lipinski definition) is 1. The van der Waals surface area contributed by atoms with E-state index in [2.05, 4.69) is 12.2 Å². The fraction of sp³-hybridized carbons (Fsp3) is 0.294. The van der Waals surface area contributed by atoms with E-state index in [0.29, 0.717) is 0 Å². The summed E-state index contributed by atoms with van der Waals surface area (Å²) in [6, 6.07) is 12.9. The minimum atomic E-state index is -0.185. The van der Waals surface area contributed by atoms with Crippen LogP contribution in [0.1, 0.15) is 24.1 Å². The van der Waals surface area contributed by atoms with Gasteiger partial charge in [0.15, 0.2) is 0 Å². The first-order valence-electron chi connectivity index (χ1n) is 6.98. The minimum Gasteiger partial charge on any atom is -0.309 e. The highest BCUT2D eigenvalue weighted by atomic mass is 35.5. The van der Waals surface area contributed by atoms with Gasteiger partial charge in [0.05, 0.1) is 0 Å². The van der Waals surface area contributed by atoms with Gasteiger partial charge in [-0.1, -0.05) is 24.6 Å². The zero-order valence-corrected chi connectivity index (χ0v) is 13.8. The number of hydrogen-bond acceptors (Lipinski definition) is 2. The summed E-state index contributed by atoms with van der Waals surface area (Å²) in [5.41, 5.74) is 2.14. The first-order valence-corrected chi connectivity index (χ1v) is 8.34. The van der Waals surface area contributed by atoms with Gasteiger partial charge in [0.1, 0.15) is 5.82 Å². The van der Waals surface area contributed by atoms with Gasteiger partial charge in [-0.05, 0) is 61.0 Å². The minimum absolute atomic E-state index is 0.131. The molecule has 2 aromatic rings. The second-order valence-electron chi connectivity index (χ2n) is 4.88. The molecule has 2 rings (SSSR count). The number of rotatable bonds is 6. The fourth-order valence-electron chi connectivity index (χ4n) is 2.20. The quantitative estimate of drug-likeness (QED) is 0.730. The third-order valence-corrected chi connectivity index (χ3v) is 4.66. The fourth-order valence-corrected chi connectivity index (χ4v) is 3.31. The van der Waals surface area contributed by atoms with Crippen LogP contribution in [0.15, 0.2) is 47.4 Å². The van der Waals surface area contributed by atoms with Crippen molar-refractivity contribution in [3.05, 3.63) is 64.4 Å². The van der Waals surface area contributed by atoms with Crippen LogP contribution in [0.25, 0.3) is 0 Å². The largest absolute Gasteiger partial charge is 0.309 e. The highest BCUT2D eigenvalue weighted by Crippen LogP contribution is 2.27. The molecule has 0 amide bonds. The highest BCUT2D eigenvalue weighted by Gasteiger charge is 2.14. The van der Waals surface area contributed by atoms with Gasteiger partial charge >= 0.3 is 0 Å². The molecule has 0 radical (unpaired) electrons. The van der Waals surface area contributed by atoms with Crippen LogP contribution in [-0.4, -0.2) is 12.3 Å². The van der Waals surface area contributed by atoms with Gasteiger partial charge in [0.25, 0.3) is 0 Å². The van der Waals surface area contributed by atoms with Crippen molar-refractivity contribution < 1.29 is 4.39 Å². The molecule has 0 saturated heterocycles. The van der Waals surface area contributed by atoms with E-state index in [-0.39, 0.29) is 11.9 Å². The predicted molar refractivity (Wildman–Crippen MR) is 89.7 cm³/mol. The lowest BCUT2D eigenvalue weighted by atomic mass is 10.0. The summed E-state index contributed by atoms with van der Waals surface area (Å²) in [7, 11) is 0. The third-order valence-electron chi connectivity index (χ3n) is 3.30. The molecule has 112 valence electrons. The van der Waals surface area contributed by atoms with Crippen molar-refractivity contribution in [2.45, 2.75) is 24.8 Å². The van der Waals surface area contributed by atoms with Crippen molar-refractivity contribution in [2.24, 2.45) is 0 Å². The molecule has 4 heteroatoms. The van der Waals surface area contributed by atoms with Gasteiger partial charge < -0.3 is 5.32 Å². The van der Waals surface area contributed by atoms with E-state index in [1.165, 1.54) is 6.07 Å². The van der Waals surface area contributed by atoms with Gasteiger partial charge in [-0.15, -0.1) is 11.8 Å². The summed E-state index contributed by atoms with van der Waals surface area (Å²) >= 11 is 7.64. The molecule has 1 atom stereocenters. The van der Waals surface area contributed by atoms with E-state index >= 15 is 0 Å². The molecule has 0 heterocycles. The molecule has 1 N–H and O–H groups in total. The summed E-state index contributed by atoms with van der Waals surface area (Å²) in [4.78, 5) is 1.16. The van der Waals surface area contributed by atoms with Crippen LogP contribution < -0.4 is 5.32 Å². The Kier molecular flexibility index (Phi) is 6.09. The number of nitrogens with one attached hydrogen (secondary N) is 1. The second kappa shape index (κ2) is 7.83. The van der Waals surface area contributed by atoms with Crippen LogP contribution in [0.2, 0.25) is 5.02 Å². The Hall–Kier alpha value is -1.03. The van der Waals surface area contributed by atoms with E-state index in [4.69, 9.17) is 11.6 Å². The van der Waals surface area contributed by atoms with E-state index in [9.17, 15) is 4.39 Å². The van der Waals surface area contributed by atoms with Crippen molar-refractivity contribution in [3.8, 4) is 0 Å². The molecule has 0 bridgehead atoms. The Bertz CT molecular complexity index is 586. The van der Waals surface area contributed by atoms with Crippen molar-refractivity contribution in [1.29, 1.82) is 0 Å². The van der Waals surface area contributed by atoms with Crippen LogP contribution in [0.5, 0.6) is 0 Å². The number of thioether (sulfide) groups is 1. The van der Waals surface area contributed by atoms with Gasteiger partial charge in [-0.3, -0.25) is 0 Å². The lowest BCUT2D eigenvalue weighted by molar-refractivity contribution is 0.586. The summed E-state index contributed by atoms with van der Waals surface area (Å²) in [5, 5.41) is 4.17. The lowest BCUT2D eigenvalue weighted by Gasteiger charge is -2.20. The molecule has 0 fully saturated rings. The average molecular weight is 324 g/mol. The van der Waals surface area contributed by atoms with E-state index in [0.717, 1.165) is 33.3 Å². The van der Waals surface area contributed by atoms with Crippen molar-refractivity contribution in [1.82, 2.24) is 5.32 Å². The average Bonchev–Trinajstić information content (AvgIpc) is 2.48. The van der Waals surface area contributed by atoms with Crippen LogP contribution >= 0.6 is 23.4 Å². The molecule has 0 aliphatic rings. The molecule has 0 aromatic heterocycles. The lowest BCUT2D eigenvalue weighted by Crippen LogP contribution is -2.23. The zero-order valence-electron chi connectivity index (χ0n) is 12.2. The van der Waals surface area contributed by atoms with Crippen LogP contribution in [0.3, 0.4) is 0 Å². The standard InChI is InChI=1S/C17H19ClFNS/c1-3-20-17(16-10-14(19)7-4-12(16)2)11-21-15-8-5-13(18)6-9-15/h4-10,17,20H,3,11H2,1-2H3. The van der Waals surface area contributed by atoms with Gasteiger partial charge in [-0.2, -0.15) is 0 Å². The Labute approximate surface area is 134 Å². The third kappa shape index (κ3) is 4.73. The molecule has 21 heavy (non-hydrogen) atoms. The Morgan fingerprint density at radius 3 is 2.57 bits per heavy atom. The van der Waals surface area contributed by atoms with Gasteiger partial charge in [-0.25, -0.2) is 4.39 Å². The smallest absolute Gasteiger partial charge is 0.123 e. The van der Waals surface area contributed by atoms with Crippen molar-refractivity contribution in [2.75, 3.05) is 12.3 Å². The maximum atomic E-state index is 13.5. The summed E-state index contributed by atoms with van der Waals surface area (Å²) in [5.74, 6) is 0.662. The molecule has 0 spiro atoms. The van der Waals surface area contributed by atoms with E-state index in [1.807, 2.05) is 37.3 Å². The van der Waals surface area contributed by atoms with Gasteiger partial charge in [0, 0.05) is 21.7 Å². The van der Waals surface area contributed by atoms with Crippen molar-refractivity contribution >= 4 is 23.4 Å². The normalized spacial score (nSPS) is 12.4.